The molecule has 3 aliphatic rings. The zero-order valence-corrected chi connectivity index (χ0v) is 19.4. The molecule has 4 rings (SSSR count). The van der Waals surface area contributed by atoms with Gasteiger partial charge in [0.05, 0.1) is 17.5 Å². The molecular formula is C24H28FN3O7. The molecule has 0 spiro atoms. The second kappa shape index (κ2) is 8.89. The summed E-state index contributed by atoms with van der Waals surface area (Å²) in [5.74, 6) is -10.7. The highest BCUT2D eigenvalue weighted by molar-refractivity contribution is 6.32. The predicted octanol–water partition coefficient (Wildman–Crippen LogP) is -1.07. The molecule has 1 aromatic carbocycles. The van der Waals surface area contributed by atoms with Crippen LogP contribution in [-0.4, -0.2) is 83.1 Å². The molecule has 0 bridgehead atoms. The van der Waals surface area contributed by atoms with Crippen LogP contribution in [0, 0.1) is 23.7 Å². The van der Waals surface area contributed by atoms with Crippen LogP contribution in [0.4, 0.5) is 4.39 Å². The first-order chi connectivity index (χ1) is 16.5. The molecule has 35 heavy (non-hydrogen) atoms. The summed E-state index contributed by atoms with van der Waals surface area (Å²) in [5.41, 5.74) is 3.32. The Morgan fingerprint density at radius 2 is 1.91 bits per heavy atom. The largest absolute Gasteiger partial charge is 0.507 e. The lowest BCUT2D eigenvalue weighted by Gasteiger charge is -2.52. The number of phenols is 1. The number of ketones is 4. The Labute approximate surface area is 200 Å². The first kappa shape index (κ1) is 25.1. The van der Waals surface area contributed by atoms with Gasteiger partial charge in [-0.2, -0.15) is 0 Å². The average molecular weight is 490 g/mol. The molecule has 188 valence electrons. The zero-order chi connectivity index (χ0) is 25.8. The van der Waals surface area contributed by atoms with Gasteiger partial charge in [-0.05, 0) is 38.4 Å². The molecular weight excluding hydrogens is 461 g/mol. The molecule has 2 saturated carbocycles. The van der Waals surface area contributed by atoms with Crippen LogP contribution in [0.2, 0.25) is 0 Å². The summed E-state index contributed by atoms with van der Waals surface area (Å²) in [4.78, 5) is 66.9. The molecule has 1 aromatic rings. The number of hydrogen-bond acceptors (Lipinski definition) is 9. The lowest BCUT2D eigenvalue weighted by Crippen LogP contribution is -2.74. The lowest BCUT2D eigenvalue weighted by atomic mass is 9.52. The number of hydrogen-bond donors (Lipinski definition) is 4. The number of amides is 1. The summed E-state index contributed by atoms with van der Waals surface area (Å²) in [6.45, 7) is -0.466. The van der Waals surface area contributed by atoms with Gasteiger partial charge in [-0.3, -0.25) is 28.9 Å². The number of aliphatic hydroxyl groups is 1. The van der Waals surface area contributed by atoms with E-state index in [1.54, 1.807) is 12.1 Å². The van der Waals surface area contributed by atoms with Crippen molar-refractivity contribution in [1.82, 2.24) is 10.2 Å². The number of phenolic OH excluding ortho intramolecular Hbond substituents is 1. The van der Waals surface area contributed by atoms with Crippen molar-refractivity contribution in [3.8, 4) is 5.75 Å². The summed E-state index contributed by atoms with van der Waals surface area (Å²) >= 11 is 0. The van der Waals surface area contributed by atoms with Crippen LogP contribution in [0.1, 0.15) is 27.9 Å². The van der Waals surface area contributed by atoms with Crippen LogP contribution in [0.15, 0.2) is 12.1 Å². The van der Waals surface area contributed by atoms with Crippen LogP contribution in [-0.2, 0) is 32.1 Å². The van der Waals surface area contributed by atoms with E-state index in [2.05, 4.69) is 5.32 Å². The van der Waals surface area contributed by atoms with Crippen molar-refractivity contribution in [2.75, 3.05) is 27.3 Å². The maximum Gasteiger partial charge on any atom is 0.235 e. The maximum absolute atomic E-state index is 13.7. The number of nitrogens with two attached hydrogens (primary N) is 1. The van der Waals surface area contributed by atoms with Crippen LogP contribution < -0.4 is 11.1 Å². The number of halogens is 1. The monoisotopic (exact) mass is 489 g/mol. The first-order valence-electron chi connectivity index (χ1n) is 11.4. The first-order valence-corrected chi connectivity index (χ1v) is 11.4. The van der Waals surface area contributed by atoms with E-state index in [0.29, 0.717) is 11.1 Å². The van der Waals surface area contributed by atoms with Crippen LogP contribution in [0.25, 0.3) is 0 Å². The Kier molecular flexibility index (Phi) is 6.37. The van der Waals surface area contributed by atoms with Gasteiger partial charge >= 0.3 is 0 Å². The van der Waals surface area contributed by atoms with Crippen LogP contribution in [0.3, 0.4) is 0 Å². The van der Waals surface area contributed by atoms with E-state index in [1.165, 1.54) is 19.0 Å². The molecule has 11 heteroatoms. The number of nitrogens with one attached hydrogen (secondary N) is 1. The minimum absolute atomic E-state index is 0.00443. The molecule has 2 fully saturated rings. The van der Waals surface area contributed by atoms with Gasteiger partial charge in [0.1, 0.15) is 12.4 Å². The molecule has 0 heterocycles. The molecule has 0 aromatic heterocycles. The highest BCUT2D eigenvalue weighted by Crippen LogP contribution is 2.50. The van der Waals surface area contributed by atoms with Gasteiger partial charge in [0, 0.05) is 24.6 Å². The summed E-state index contributed by atoms with van der Waals surface area (Å²) in [7, 11) is 3.07. The highest BCUT2D eigenvalue weighted by Gasteiger charge is 2.69. The van der Waals surface area contributed by atoms with Crippen molar-refractivity contribution >= 4 is 29.0 Å². The Morgan fingerprint density at radius 1 is 1.23 bits per heavy atom. The van der Waals surface area contributed by atoms with E-state index in [0.717, 1.165) is 0 Å². The van der Waals surface area contributed by atoms with Gasteiger partial charge in [-0.1, -0.05) is 12.1 Å². The van der Waals surface area contributed by atoms with E-state index in [4.69, 9.17) is 5.73 Å². The second-order valence-electron chi connectivity index (χ2n) is 9.76. The quantitative estimate of drug-likeness (QED) is 0.287. The number of likely N-dealkylation sites (N-methyl/N-ethyl adjacent to an activating group) is 1. The number of rotatable bonds is 6. The van der Waals surface area contributed by atoms with Crippen LogP contribution in [0.5, 0.6) is 5.75 Å². The molecule has 0 radical (unpaired) electrons. The molecule has 0 aliphatic heterocycles. The summed E-state index contributed by atoms with van der Waals surface area (Å²) < 4.78 is 12.4. The van der Waals surface area contributed by atoms with E-state index in [9.17, 15) is 38.6 Å². The van der Waals surface area contributed by atoms with Crippen molar-refractivity contribution in [3.05, 3.63) is 28.8 Å². The Hall–Kier alpha value is -3.02. The normalized spacial score (nSPS) is 32.3. The Balaban J connectivity index is 1.78. The van der Waals surface area contributed by atoms with E-state index < -0.39 is 71.0 Å². The van der Waals surface area contributed by atoms with Gasteiger partial charge in [-0.15, -0.1) is 0 Å². The van der Waals surface area contributed by atoms with Crippen molar-refractivity contribution in [3.63, 3.8) is 0 Å². The molecule has 5 N–H and O–H groups in total. The number of benzene rings is 1. The van der Waals surface area contributed by atoms with Crippen molar-refractivity contribution in [1.29, 1.82) is 0 Å². The van der Waals surface area contributed by atoms with Crippen molar-refractivity contribution in [2.45, 2.75) is 31.0 Å². The SMILES string of the molecule is CN(C)[C@@H]1C(=O)C(C(N)=O)C(=O)[C@@]2(O)C(=O)C3C(=O)c4c(ccc(CNCCF)c4O)C[C@H]3C[C@@H]12. The minimum atomic E-state index is -2.74. The van der Waals surface area contributed by atoms with E-state index in [-0.39, 0.29) is 37.2 Å². The fraction of sp³-hybridized carbons (Fsp3) is 0.542. The standard InChI is InChI=1S/C24H28FN3O7/c1-28(2)17-13-8-12-7-10-3-4-11(9-27-6-5-25)18(29)14(10)19(30)15(12)21(32)24(13,35)22(33)16(20(17)31)23(26)34/h3-4,12-13,15-17,27,29,35H,5-9H2,1-2H3,(H2,26,34)/t12-,13-,15?,16?,17-,24-/m0/s1. The number of fused-ring (bicyclic) bond motifs is 3. The van der Waals surface area contributed by atoms with Crippen molar-refractivity contribution in [2.24, 2.45) is 29.4 Å². The number of aromatic hydroxyl groups is 1. The highest BCUT2D eigenvalue weighted by atomic mass is 19.1. The molecule has 2 unspecified atom stereocenters. The van der Waals surface area contributed by atoms with E-state index >= 15 is 0 Å². The molecule has 3 aliphatic carbocycles. The molecule has 1 amide bonds. The van der Waals surface area contributed by atoms with Gasteiger partial charge in [0.15, 0.2) is 34.7 Å². The molecule has 10 nitrogen and oxygen atoms in total. The third-order valence-electron chi connectivity index (χ3n) is 7.60. The van der Waals surface area contributed by atoms with Crippen molar-refractivity contribution < 1.29 is 38.6 Å². The van der Waals surface area contributed by atoms with E-state index in [1.807, 2.05) is 0 Å². The smallest absolute Gasteiger partial charge is 0.235 e. The van der Waals surface area contributed by atoms with Crippen LogP contribution >= 0.6 is 0 Å². The fourth-order valence-corrected chi connectivity index (χ4v) is 6.06. The minimum Gasteiger partial charge on any atom is -0.507 e. The summed E-state index contributed by atoms with van der Waals surface area (Å²) in [6, 6.07) is 2.14. The lowest BCUT2D eigenvalue weighted by molar-refractivity contribution is -0.181. The van der Waals surface area contributed by atoms with Gasteiger partial charge in [-0.25, -0.2) is 4.39 Å². The number of nitrogens with zero attached hydrogens (tertiary/aromatic N) is 1. The number of carbonyl (C=O) groups is 5. The summed E-state index contributed by atoms with van der Waals surface area (Å²) in [6.07, 6.45) is 0.210. The third kappa shape index (κ3) is 3.60. The Bertz CT molecular complexity index is 1140. The third-order valence-corrected chi connectivity index (χ3v) is 7.60. The predicted molar refractivity (Wildman–Crippen MR) is 119 cm³/mol. The Morgan fingerprint density at radius 3 is 2.51 bits per heavy atom. The zero-order valence-electron chi connectivity index (χ0n) is 19.4. The summed E-state index contributed by atoms with van der Waals surface area (Å²) in [5, 5.41) is 25.1. The van der Waals surface area contributed by atoms with Gasteiger partial charge < -0.3 is 21.3 Å². The fourth-order valence-electron chi connectivity index (χ4n) is 6.06. The number of Topliss-reactive ketones (excluding diaryl/α,β-unsaturated/α-hetero) is 4. The van der Waals surface area contributed by atoms with Gasteiger partial charge in [0.25, 0.3) is 0 Å². The number of primary amides is 1. The molecule has 6 atom stereocenters. The number of carbonyl (C=O) groups excluding carboxylic acids is 5. The number of alkyl halides is 1. The topological polar surface area (TPSA) is 167 Å². The molecule has 0 saturated heterocycles. The van der Waals surface area contributed by atoms with Gasteiger partial charge in [0.2, 0.25) is 5.91 Å². The average Bonchev–Trinajstić information content (AvgIpc) is 2.77. The maximum atomic E-state index is 13.7. The second-order valence-corrected chi connectivity index (χ2v) is 9.76.